The first-order chi connectivity index (χ1) is 6.70. The lowest BCUT2D eigenvalue weighted by Gasteiger charge is -2.01. The number of thiophene rings is 1. The molecule has 0 spiro atoms. The van der Waals surface area contributed by atoms with Crippen LogP contribution in [0.3, 0.4) is 0 Å². The molecule has 1 aliphatic heterocycles. The van der Waals surface area contributed by atoms with Crippen molar-refractivity contribution in [3.8, 4) is 5.06 Å². The largest absolute Gasteiger partial charge is 0.487 e. The van der Waals surface area contributed by atoms with E-state index in [0.29, 0.717) is 9.94 Å². The predicted molar refractivity (Wildman–Crippen MR) is 48.2 cm³/mol. The van der Waals surface area contributed by atoms with Crippen LogP contribution >= 0.6 is 11.3 Å². The Morgan fingerprint density at radius 1 is 1.50 bits per heavy atom. The van der Waals surface area contributed by atoms with Gasteiger partial charge in [0.25, 0.3) is 5.91 Å². The minimum Gasteiger partial charge on any atom is -0.487 e. The molecule has 0 radical (unpaired) electrons. The van der Waals surface area contributed by atoms with Crippen molar-refractivity contribution >= 4 is 23.3 Å². The molecule has 14 heavy (non-hydrogen) atoms. The van der Waals surface area contributed by atoms with Crippen LogP contribution < -0.4 is 10.1 Å². The summed E-state index contributed by atoms with van der Waals surface area (Å²) in [7, 11) is 1.54. The molecule has 2 rings (SSSR count). The summed E-state index contributed by atoms with van der Waals surface area (Å²) in [5.74, 6) is -0.431. The van der Waals surface area contributed by atoms with E-state index in [4.69, 9.17) is 9.47 Å². The van der Waals surface area contributed by atoms with E-state index < -0.39 is 18.1 Å². The van der Waals surface area contributed by atoms with Crippen molar-refractivity contribution in [1.29, 1.82) is 0 Å². The molecule has 1 atom stereocenters. The summed E-state index contributed by atoms with van der Waals surface area (Å²) < 4.78 is 9.74. The third-order valence-corrected chi connectivity index (χ3v) is 2.84. The highest BCUT2D eigenvalue weighted by atomic mass is 32.1. The first-order valence-electron chi connectivity index (χ1n) is 3.86. The number of ether oxygens (including phenoxy) is 2. The molecule has 1 saturated heterocycles. The van der Waals surface area contributed by atoms with Gasteiger partial charge in [0.2, 0.25) is 6.10 Å². The second-order valence-electron chi connectivity index (χ2n) is 2.64. The van der Waals surface area contributed by atoms with Crippen molar-refractivity contribution in [3.05, 3.63) is 17.0 Å². The summed E-state index contributed by atoms with van der Waals surface area (Å²) in [6.45, 7) is 0. The van der Waals surface area contributed by atoms with Crippen LogP contribution in [0.1, 0.15) is 11.0 Å². The average Bonchev–Trinajstić information content (AvgIpc) is 2.71. The van der Waals surface area contributed by atoms with Crippen molar-refractivity contribution in [2.24, 2.45) is 0 Å². The molecule has 1 aromatic rings. The Hall–Kier alpha value is -1.56. The molecular weight excluding hydrogens is 206 g/mol. The van der Waals surface area contributed by atoms with Crippen LogP contribution in [0.15, 0.2) is 12.1 Å². The Balaban J connectivity index is 2.22. The van der Waals surface area contributed by atoms with Gasteiger partial charge in [-0.1, -0.05) is 11.3 Å². The van der Waals surface area contributed by atoms with Crippen LogP contribution in [0.4, 0.5) is 4.79 Å². The topological polar surface area (TPSA) is 64.6 Å². The lowest BCUT2D eigenvalue weighted by molar-refractivity contribution is -0.123. The van der Waals surface area contributed by atoms with Gasteiger partial charge < -0.3 is 9.47 Å². The Morgan fingerprint density at radius 3 is 2.79 bits per heavy atom. The standard InChI is InChI=1S/C8H7NO4S/c1-12-5-3-2-4(14-5)6-7(10)9-8(11)13-6/h2-3,6H,1H3,(H,9,10,11). The first-order valence-corrected chi connectivity index (χ1v) is 4.67. The first kappa shape index (κ1) is 9.01. The van der Waals surface area contributed by atoms with Gasteiger partial charge in [0.15, 0.2) is 5.06 Å². The molecule has 1 N–H and O–H groups in total. The highest BCUT2D eigenvalue weighted by Crippen LogP contribution is 2.32. The van der Waals surface area contributed by atoms with Crippen LogP contribution in [0.2, 0.25) is 0 Å². The van der Waals surface area contributed by atoms with E-state index in [0.717, 1.165) is 0 Å². The summed E-state index contributed by atoms with van der Waals surface area (Å²) in [6, 6.07) is 3.42. The van der Waals surface area contributed by atoms with Gasteiger partial charge in [-0.05, 0) is 12.1 Å². The van der Waals surface area contributed by atoms with Gasteiger partial charge >= 0.3 is 6.09 Å². The number of nitrogens with one attached hydrogen (secondary N) is 1. The molecule has 0 aliphatic carbocycles. The highest BCUT2D eigenvalue weighted by molar-refractivity contribution is 7.14. The smallest absolute Gasteiger partial charge is 0.415 e. The number of alkyl carbamates (subject to hydrolysis) is 1. The molecule has 0 aromatic carbocycles. The third-order valence-electron chi connectivity index (χ3n) is 1.75. The number of rotatable bonds is 2. The molecule has 74 valence electrons. The number of hydrogen-bond donors (Lipinski definition) is 1. The average molecular weight is 213 g/mol. The maximum atomic E-state index is 11.2. The monoisotopic (exact) mass is 213 g/mol. The molecule has 2 amide bonds. The molecule has 1 unspecified atom stereocenters. The van der Waals surface area contributed by atoms with Crippen LogP contribution in [-0.4, -0.2) is 19.1 Å². The van der Waals surface area contributed by atoms with Crippen molar-refractivity contribution in [2.45, 2.75) is 6.10 Å². The normalized spacial score (nSPS) is 20.5. The molecule has 1 aliphatic rings. The van der Waals surface area contributed by atoms with Crippen LogP contribution in [-0.2, 0) is 9.53 Å². The van der Waals surface area contributed by atoms with E-state index in [9.17, 15) is 9.59 Å². The molecule has 5 nitrogen and oxygen atoms in total. The van der Waals surface area contributed by atoms with E-state index in [1.54, 1.807) is 12.1 Å². The van der Waals surface area contributed by atoms with Crippen molar-refractivity contribution in [1.82, 2.24) is 5.32 Å². The molecule has 2 heterocycles. The fourth-order valence-electron chi connectivity index (χ4n) is 1.13. The molecule has 1 fully saturated rings. The second kappa shape index (κ2) is 3.30. The minimum absolute atomic E-state index is 0.431. The van der Waals surface area contributed by atoms with Gasteiger partial charge in [-0.25, -0.2) is 4.79 Å². The van der Waals surface area contributed by atoms with Gasteiger partial charge in [0.1, 0.15) is 0 Å². The second-order valence-corrected chi connectivity index (χ2v) is 3.71. The van der Waals surface area contributed by atoms with Crippen LogP contribution in [0.5, 0.6) is 5.06 Å². The summed E-state index contributed by atoms with van der Waals surface area (Å²) in [5, 5.41) is 2.73. The van der Waals surface area contributed by atoms with E-state index in [1.807, 2.05) is 0 Å². The van der Waals surface area contributed by atoms with E-state index >= 15 is 0 Å². The number of methoxy groups -OCH3 is 1. The van der Waals surface area contributed by atoms with E-state index in [1.165, 1.54) is 18.4 Å². The molecule has 1 aromatic heterocycles. The Labute approximate surface area is 83.6 Å². The van der Waals surface area contributed by atoms with Gasteiger partial charge in [-0.3, -0.25) is 10.1 Å². The van der Waals surface area contributed by atoms with Crippen LogP contribution in [0, 0.1) is 0 Å². The highest BCUT2D eigenvalue weighted by Gasteiger charge is 2.34. The lowest BCUT2D eigenvalue weighted by atomic mass is 10.3. The zero-order chi connectivity index (χ0) is 10.1. The summed E-state index contributed by atoms with van der Waals surface area (Å²) in [5.41, 5.74) is 0. The maximum absolute atomic E-state index is 11.2. The zero-order valence-electron chi connectivity index (χ0n) is 7.27. The van der Waals surface area contributed by atoms with E-state index in [2.05, 4.69) is 5.32 Å². The van der Waals surface area contributed by atoms with Crippen molar-refractivity contribution in [3.63, 3.8) is 0 Å². The van der Waals surface area contributed by atoms with Gasteiger partial charge in [0.05, 0.1) is 12.0 Å². The quantitative estimate of drug-likeness (QED) is 0.797. The number of amides is 2. The summed E-state index contributed by atoms with van der Waals surface area (Å²) >= 11 is 1.28. The number of carbonyl (C=O) groups is 2. The fourth-order valence-corrected chi connectivity index (χ4v) is 1.98. The number of imide groups is 1. The number of carbonyl (C=O) groups excluding carboxylic acids is 2. The van der Waals surface area contributed by atoms with Gasteiger partial charge in [0, 0.05) is 0 Å². The number of cyclic esters (lactones) is 1. The number of hydrogen-bond acceptors (Lipinski definition) is 5. The van der Waals surface area contributed by atoms with Crippen LogP contribution in [0.25, 0.3) is 0 Å². The Morgan fingerprint density at radius 2 is 2.29 bits per heavy atom. The Bertz CT molecular complexity index is 386. The maximum Gasteiger partial charge on any atom is 0.415 e. The lowest BCUT2D eigenvalue weighted by Crippen LogP contribution is -2.20. The molecule has 0 bridgehead atoms. The SMILES string of the molecule is COc1ccc(C2OC(=O)NC2=O)s1. The Kier molecular flexibility index (Phi) is 2.12. The van der Waals surface area contributed by atoms with Crippen molar-refractivity contribution < 1.29 is 19.1 Å². The van der Waals surface area contributed by atoms with Gasteiger partial charge in [-0.15, -0.1) is 0 Å². The summed E-state index contributed by atoms with van der Waals surface area (Å²) in [6.07, 6.45) is -1.52. The zero-order valence-corrected chi connectivity index (χ0v) is 8.09. The molecule has 0 saturated carbocycles. The van der Waals surface area contributed by atoms with Gasteiger partial charge in [-0.2, -0.15) is 0 Å². The fraction of sp³-hybridized carbons (Fsp3) is 0.250. The summed E-state index contributed by atoms with van der Waals surface area (Å²) in [4.78, 5) is 22.6. The van der Waals surface area contributed by atoms with Crippen molar-refractivity contribution in [2.75, 3.05) is 7.11 Å². The predicted octanol–water partition coefficient (Wildman–Crippen LogP) is 1.06. The third kappa shape index (κ3) is 1.44. The minimum atomic E-state index is -0.823. The molecule has 6 heteroatoms. The molecular formula is C8H7NO4S. The van der Waals surface area contributed by atoms with E-state index in [-0.39, 0.29) is 0 Å².